The van der Waals surface area contributed by atoms with Crippen LogP contribution in [0.1, 0.15) is 28.6 Å². The second-order valence-electron chi connectivity index (χ2n) is 6.20. The van der Waals surface area contributed by atoms with Crippen LogP contribution >= 0.6 is 0 Å². The van der Waals surface area contributed by atoms with Gasteiger partial charge in [0.2, 0.25) is 0 Å². The zero-order valence-corrected chi connectivity index (χ0v) is 14.0. The Morgan fingerprint density at radius 3 is 2.68 bits per heavy atom. The van der Waals surface area contributed by atoms with E-state index in [1.54, 1.807) is 47.5 Å². The van der Waals surface area contributed by atoms with Crippen molar-refractivity contribution in [3.63, 3.8) is 0 Å². The van der Waals surface area contributed by atoms with E-state index in [1.165, 1.54) is 6.07 Å². The first-order valence-corrected chi connectivity index (χ1v) is 8.50. The molecule has 6 heteroatoms. The molecule has 2 heterocycles. The number of carbonyl (C=O) groups is 1. The van der Waals surface area contributed by atoms with Gasteiger partial charge in [0, 0.05) is 44.5 Å². The third-order valence-corrected chi connectivity index (χ3v) is 4.46. The van der Waals surface area contributed by atoms with E-state index in [0.29, 0.717) is 37.4 Å². The molecule has 1 N–H and O–H groups in total. The van der Waals surface area contributed by atoms with Gasteiger partial charge in [-0.1, -0.05) is 24.3 Å². The number of pyridine rings is 1. The van der Waals surface area contributed by atoms with Crippen LogP contribution in [0.3, 0.4) is 0 Å². The Morgan fingerprint density at radius 1 is 1.12 bits per heavy atom. The lowest BCUT2D eigenvalue weighted by Crippen LogP contribution is -2.36. The van der Waals surface area contributed by atoms with Gasteiger partial charge in [0.25, 0.3) is 5.91 Å². The Morgan fingerprint density at radius 2 is 1.92 bits per heavy atom. The number of amides is 1. The quantitative estimate of drug-likeness (QED) is 0.924. The summed E-state index contributed by atoms with van der Waals surface area (Å²) in [4.78, 5) is 20.5. The summed E-state index contributed by atoms with van der Waals surface area (Å²) in [6, 6.07) is 11.6. The highest BCUT2D eigenvalue weighted by molar-refractivity contribution is 5.92. The number of aromatic nitrogens is 1. The van der Waals surface area contributed by atoms with Crippen LogP contribution in [0.25, 0.3) is 0 Å². The molecule has 25 heavy (non-hydrogen) atoms. The van der Waals surface area contributed by atoms with Crippen LogP contribution < -0.4 is 0 Å². The molecule has 2 aromatic rings. The molecule has 132 valence electrons. The predicted molar refractivity (Wildman–Crippen MR) is 92.6 cm³/mol. The predicted octanol–water partition coefficient (Wildman–Crippen LogP) is 2.10. The maximum atomic E-state index is 13.8. The van der Waals surface area contributed by atoms with E-state index in [0.717, 1.165) is 13.0 Å². The number of aliphatic hydroxyl groups excluding tert-OH is 1. The smallest absolute Gasteiger partial charge is 0.272 e. The lowest BCUT2D eigenvalue weighted by atomic mass is 10.1. The fraction of sp³-hybridized carbons (Fsp3) is 0.368. The van der Waals surface area contributed by atoms with Crippen molar-refractivity contribution in [2.45, 2.75) is 12.5 Å². The highest BCUT2D eigenvalue weighted by Gasteiger charge is 2.23. The van der Waals surface area contributed by atoms with Crippen molar-refractivity contribution < 1.29 is 14.3 Å². The minimum atomic E-state index is -0.876. The summed E-state index contributed by atoms with van der Waals surface area (Å²) >= 11 is 0. The average Bonchev–Trinajstić information content (AvgIpc) is 2.88. The van der Waals surface area contributed by atoms with Crippen molar-refractivity contribution in [1.29, 1.82) is 0 Å². The molecule has 3 rings (SSSR count). The van der Waals surface area contributed by atoms with E-state index in [2.05, 4.69) is 9.88 Å². The minimum absolute atomic E-state index is 0.0721. The highest BCUT2D eigenvalue weighted by Crippen LogP contribution is 2.18. The van der Waals surface area contributed by atoms with Crippen molar-refractivity contribution in [2.75, 3.05) is 32.7 Å². The van der Waals surface area contributed by atoms with Crippen LogP contribution in [-0.2, 0) is 0 Å². The van der Waals surface area contributed by atoms with E-state index in [4.69, 9.17) is 0 Å². The van der Waals surface area contributed by atoms with Crippen LogP contribution in [0.5, 0.6) is 0 Å². The van der Waals surface area contributed by atoms with Gasteiger partial charge < -0.3 is 10.0 Å². The molecule has 1 amide bonds. The fourth-order valence-corrected chi connectivity index (χ4v) is 3.10. The number of carbonyl (C=O) groups excluding carboxylic acids is 1. The first kappa shape index (κ1) is 17.5. The van der Waals surface area contributed by atoms with E-state index in [1.807, 2.05) is 0 Å². The van der Waals surface area contributed by atoms with E-state index in [9.17, 15) is 14.3 Å². The number of hydrogen-bond acceptors (Lipinski definition) is 4. The molecule has 0 aliphatic carbocycles. The van der Waals surface area contributed by atoms with Crippen LogP contribution in [-0.4, -0.2) is 58.5 Å². The molecule has 1 aromatic heterocycles. The van der Waals surface area contributed by atoms with Crippen molar-refractivity contribution in [1.82, 2.24) is 14.8 Å². The lowest BCUT2D eigenvalue weighted by molar-refractivity contribution is 0.0748. The van der Waals surface area contributed by atoms with Crippen molar-refractivity contribution >= 4 is 5.91 Å². The van der Waals surface area contributed by atoms with Gasteiger partial charge in [0.15, 0.2) is 0 Å². The zero-order chi connectivity index (χ0) is 17.6. The Labute approximate surface area is 146 Å². The molecule has 1 atom stereocenters. The number of hydrogen-bond donors (Lipinski definition) is 1. The number of rotatable bonds is 4. The minimum Gasteiger partial charge on any atom is -0.387 e. The van der Waals surface area contributed by atoms with Gasteiger partial charge in [0.1, 0.15) is 11.5 Å². The number of aliphatic hydroxyl groups is 1. The van der Waals surface area contributed by atoms with Crippen molar-refractivity contribution in [2.24, 2.45) is 0 Å². The first-order valence-electron chi connectivity index (χ1n) is 8.50. The molecule has 5 nitrogen and oxygen atoms in total. The highest BCUT2D eigenvalue weighted by atomic mass is 19.1. The molecule has 0 spiro atoms. The average molecular weight is 343 g/mol. The Hall–Kier alpha value is -2.31. The van der Waals surface area contributed by atoms with Crippen molar-refractivity contribution in [3.8, 4) is 0 Å². The normalized spacial score (nSPS) is 17.1. The van der Waals surface area contributed by atoms with Gasteiger partial charge in [-0.2, -0.15) is 0 Å². The summed E-state index contributed by atoms with van der Waals surface area (Å²) in [7, 11) is 0. The van der Waals surface area contributed by atoms with Crippen molar-refractivity contribution in [3.05, 3.63) is 65.7 Å². The summed E-state index contributed by atoms with van der Waals surface area (Å²) in [6.07, 6.45) is 1.55. The monoisotopic (exact) mass is 343 g/mol. The van der Waals surface area contributed by atoms with Gasteiger partial charge >= 0.3 is 0 Å². The maximum Gasteiger partial charge on any atom is 0.272 e. The third-order valence-electron chi connectivity index (χ3n) is 4.46. The van der Waals surface area contributed by atoms with E-state index >= 15 is 0 Å². The summed E-state index contributed by atoms with van der Waals surface area (Å²) in [5, 5.41) is 10.3. The molecule has 1 saturated heterocycles. The van der Waals surface area contributed by atoms with Gasteiger partial charge in [-0.25, -0.2) is 4.39 Å². The first-order chi connectivity index (χ1) is 12.1. The second kappa shape index (κ2) is 8.18. The SMILES string of the molecule is O=C(c1ccccn1)N1CCCN(C[C@@H](O)c2ccccc2F)CC1. The third kappa shape index (κ3) is 4.41. The van der Waals surface area contributed by atoms with Gasteiger partial charge in [-0.15, -0.1) is 0 Å². The fourth-order valence-electron chi connectivity index (χ4n) is 3.10. The molecule has 1 fully saturated rings. The van der Waals surface area contributed by atoms with Crippen LogP contribution in [0.4, 0.5) is 4.39 Å². The molecule has 1 aliphatic rings. The van der Waals surface area contributed by atoms with Crippen LogP contribution in [0, 0.1) is 5.82 Å². The van der Waals surface area contributed by atoms with E-state index in [-0.39, 0.29) is 5.91 Å². The van der Waals surface area contributed by atoms with Crippen LogP contribution in [0.2, 0.25) is 0 Å². The van der Waals surface area contributed by atoms with Gasteiger partial charge in [-0.3, -0.25) is 14.7 Å². The van der Waals surface area contributed by atoms with Crippen LogP contribution in [0.15, 0.2) is 48.7 Å². The molecular weight excluding hydrogens is 321 g/mol. The molecule has 1 aromatic carbocycles. The molecule has 0 unspecified atom stereocenters. The number of β-amino-alcohol motifs (C(OH)–C–C–N with tert-alkyl or cyclic N) is 1. The molecule has 0 bridgehead atoms. The maximum absolute atomic E-state index is 13.8. The second-order valence-corrected chi connectivity index (χ2v) is 6.20. The number of halogens is 1. The Balaban J connectivity index is 1.58. The summed E-state index contributed by atoms with van der Waals surface area (Å²) in [5.41, 5.74) is 0.760. The summed E-state index contributed by atoms with van der Waals surface area (Å²) < 4.78 is 13.8. The zero-order valence-electron chi connectivity index (χ0n) is 14.0. The standard InChI is InChI=1S/C19H22FN3O2/c20-16-7-2-1-6-15(16)18(24)14-22-10-5-11-23(13-12-22)19(25)17-8-3-4-9-21-17/h1-4,6-9,18,24H,5,10-14H2/t18-/m1/s1. The molecule has 1 aliphatic heterocycles. The Bertz CT molecular complexity index is 711. The molecular formula is C19H22FN3O2. The molecule has 0 saturated carbocycles. The largest absolute Gasteiger partial charge is 0.387 e. The summed E-state index contributed by atoms with van der Waals surface area (Å²) in [6.45, 7) is 2.98. The van der Waals surface area contributed by atoms with Gasteiger partial charge in [-0.05, 0) is 24.6 Å². The Kier molecular flexibility index (Phi) is 5.73. The number of benzene rings is 1. The number of nitrogens with zero attached hydrogens (tertiary/aromatic N) is 3. The van der Waals surface area contributed by atoms with Gasteiger partial charge in [0.05, 0.1) is 6.10 Å². The summed E-state index contributed by atoms with van der Waals surface area (Å²) in [5.74, 6) is -0.464. The van der Waals surface area contributed by atoms with E-state index < -0.39 is 11.9 Å². The topological polar surface area (TPSA) is 56.7 Å². The molecule has 0 radical (unpaired) electrons. The lowest BCUT2D eigenvalue weighted by Gasteiger charge is -2.24.